The summed E-state index contributed by atoms with van der Waals surface area (Å²) in [7, 11) is 0. The zero-order valence-electron chi connectivity index (χ0n) is 7.41. The van der Waals surface area contributed by atoms with Crippen molar-refractivity contribution in [3.05, 3.63) is 11.1 Å². The van der Waals surface area contributed by atoms with Gasteiger partial charge in [0, 0.05) is 12.5 Å². The van der Waals surface area contributed by atoms with Crippen molar-refractivity contribution in [2.45, 2.75) is 31.7 Å². The van der Waals surface area contributed by atoms with E-state index in [1.54, 1.807) is 0 Å². The van der Waals surface area contributed by atoms with Gasteiger partial charge >= 0.3 is 0 Å². The van der Waals surface area contributed by atoms with Crippen molar-refractivity contribution in [1.82, 2.24) is 14.8 Å². The van der Waals surface area contributed by atoms with Crippen LogP contribution in [0.5, 0.6) is 0 Å². The average molecular weight is 201 g/mol. The second-order valence-corrected chi connectivity index (χ2v) is 3.73. The Morgan fingerprint density at radius 3 is 3.15 bits per heavy atom. The molecule has 2 rings (SSSR count). The quantitative estimate of drug-likeness (QED) is 0.780. The molecule has 0 aliphatic carbocycles. The Labute approximate surface area is 82.1 Å². The van der Waals surface area contributed by atoms with E-state index in [0.29, 0.717) is 17.7 Å². The van der Waals surface area contributed by atoms with Crippen LogP contribution in [0.3, 0.4) is 0 Å². The fourth-order valence-electron chi connectivity index (χ4n) is 1.90. The molecule has 1 aliphatic heterocycles. The molecule has 2 N–H and O–H groups in total. The lowest BCUT2D eigenvalue weighted by Gasteiger charge is -2.21. The number of hydrogen-bond donors (Lipinski definition) is 1. The fraction of sp³-hybridized carbons (Fsp3) is 0.750. The highest BCUT2D eigenvalue weighted by molar-refractivity contribution is 6.28. The number of rotatable bonds is 2. The minimum absolute atomic E-state index is 0.457. The maximum Gasteiger partial charge on any atom is 0.225 e. The van der Waals surface area contributed by atoms with Crippen molar-refractivity contribution in [2.75, 3.05) is 6.54 Å². The molecule has 1 aliphatic rings. The molecule has 1 aromatic heterocycles. The minimum Gasteiger partial charge on any atom is -0.330 e. The molecule has 13 heavy (non-hydrogen) atoms. The molecule has 0 bridgehead atoms. The first kappa shape index (κ1) is 8.97. The number of fused-ring (bicyclic) bond motifs is 1. The van der Waals surface area contributed by atoms with E-state index in [0.717, 1.165) is 31.6 Å². The molecule has 1 unspecified atom stereocenters. The monoisotopic (exact) mass is 200 g/mol. The largest absolute Gasteiger partial charge is 0.330 e. The van der Waals surface area contributed by atoms with Crippen LogP contribution in [-0.2, 0) is 6.54 Å². The Bertz CT molecular complexity index is 296. The van der Waals surface area contributed by atoms with Gasteiger partial charge in [-0.05, 0) is 37.4 Å². The molecular formula is C8H13ClN4. The number of hydrogen-bond acceptors (Lipinski definition) is 3. The molecule has 0 fully saturated rings. The second-order valence-electron chi connectivity index (χ2n) is 3.40. The van der Waals surface area contributed by atoms with Gasteiger partial charge in [-0.15, -0.1) is 10.2 Å². The van der Waals surface area contributed by atoms with Crippen molar-refractivity contribution in [3.8, 4) is 0 Å². The molecule has 5 heteroatoms. The van der Waals surface area contributed by atoms with Crippen LogP contribution in [-0.4, -0.2) is 21.3 Å². The van der Waals surface area contributed by atoms with Crippen LogP contribution in [0, 0.1) is 0 Å². The normalized spacial score (nSPS) is 21.5. The van der Waals surface area contributed by atoms with Crippen LogP contribution in [0.15, 0.2) is 0 Å². The zero-order valence-corrected chi connectivity index (χ0v) is 8.17. The fourth-order valence-corrected chi connectivity index (χ4v) is 2.11. The molecule has 0 saturated heterocycles. The van der Waals surface area contributed by atoms with Crippen LogP contribution in [0.25, 0.3) is 0 Å². The van der Waals surface area contributed by atoms with Crippen LogP contribution >= 0.6 is 11.6 Å². The summed E-state index contributed by atoms with van der Waals surface area (Å²) in [6, 6.07) is 0. The van der Waals surface area contributed by atoms with Crippen molar-refractivity contribution in [3.63, 3.8) is 0 Å². The summed E-state index contributed by atoms with van der Waals surface area (Å²) in [5.74, 6) is 1.47. The summed E-state index contributed by atoms with van der Waals surface area (Å²) >= 11 is 5.88. The minimum atomic E-state index is 0.457. The summed E-state index contributed by atoms with van der Waals surface area (Å²) < 4.78 is 1.99. The van der Waals surface area contributed by atoms with E-state index >= 15 is 0 Å². The molecule has 1 atom stereocenters. The third-order valence-electron chi connectivity index (χ3n) is 2.55. The molecular weight excluding hydrogens is 188 g/mol. The summed E-state index contributed by atoms with van der Waals surface area (Å²) in [6.45, 7) is 1.65. The summed E-state index contributed by atoms with van der Waals surface area (Å²) in [6.07, 6.45) is 3.29. The smallest absolute Gasteiger partial charge is 0.225 e. The van der Waals surface area contributed by atoms with Crippen molar-refractivity contribution in [2.24, 2.45) is 5.73 Å². The number of nitrogens with zero attached hydrogens (tertiary/aromatic N) is 3. The lowest BCUT2D eigenvalue weighted by molar-refractivity contribution is 0.428. The van der Waals surface area contributed by atoms with Crippen LogP contribution in [0.4, 0.5) is 0 Å². The molecule has 0 saturated carbocycles. The molecule has 2 heterocycles. The van der Waals surface area contributed by atoms with Crippen LogP contribution < -0.4 is 5.73 Å². The lowest BCUT2D eigenvalue weighted by Crippen LogP contribution is -2.18. The lowest BCUT2D eigenvalue weighted by atomic mass is 9.96. The predicted molar refractivity (Wildman–Crippen MR) is 50.7 cm³/mol. The van der Waals surface area contributed by atoms with Crippen molar-refractivity contribution < 1.29 is 0 Å². The van der Waals surface area contributed by atoms with E-state index in [-0.39, 0.29) is 0 Å². The maximum absolute atomic E-state index is 5.88. The second kappa shape index (κ2) is 3.64. The van der Waals surface area contributed by atoms with Crippen LogP contribution in [0.1, 0.15) is 31.0 Å². The standard InChI is InChI=1S/C8H13ClN4/c9-8-12-11-7-6(3-4-10)2-1-5-13(7)8/h6H,1-5,10H2. The van der Waals surface area contributed by atoms with Gasteiger partial charge in [0.05, 0.1) is 0 Å². The SMILES string of the molecule is NCCC1CCCn2c(Cl)nnc21. The number of nitrogens with two attached hydrogens (primary N) is 1. The first-order chi connectivity index (χ1) is 6.33. The molecule has 0 spiro atoms. The number of halogens is 1. The van der Waals surface area contributed by atoms with Gasteiger partial charge in [-0.1, -0.05) is 0 Å². The zero-order chi connectivity index (χ0) is 9.26. The molecule has 72 valence electrons. The van der Waals surface area contributed by atoms with E-state index in [1.165, 1.54) is 0 Å². The topological polar surface area (TPSA) is 56.7 Å². The van der Waals surface area contributed by atoms with E-state index < -0.39 is 0 Å². The highest BCUT2D eigenvalue weighted by Crippen LogP contribution is 2.29. The molecule has 0 aromatic carbocycles. The van der Waals surface area contributed by atoms with Gasteiger partial charge in [0.15, 0.2) is 0 Å². The van der Waals surface area contributed by atoms with E-state index in [4.69, 9.17) is 17.3 Å². The Balaban J connectivity index is 2.27. The van der Waals surface area contributed by atoms with E-state index in [2.05, 4.69) is 10.2 Å². The Hall–Kier alpha value is -0.610. The molecule has 0 amide bonds. The highest BCUT2D eigenvalue weighted by Gasteiger charge is 2.23. The van der Waals surface area contributed by atoms with Gasteiger partial charge in [0.2, 0.25) is 5.28 Å². The summed E-state index contributed by atoms with van der Waals surface area (Å²) in [5, 5.41) is 8.46. The first-order valence-electron chi connectivity index (χ1n) is 4.61. The third kappa shape index (κ3) is 1.56. The summed E-state index contributed by atoms with van der Waals surface area (Å²) in [4.78, 5) is 0. The Kier molecular flexibility index (Phi) is 2.51. The maximum atomic E-state index is 5.88. The van der Waals surface area contributed by atoms with Gasteiger partial charge in [-0.25, -0.2) is 0 Å². The Morgan fingerprint density at radius 2 is 2.38 bits per heavy atom. The van der Waals surface area contributed by atoms with E-state index in [1.807, 2.05) is 4.57 Å². The third-order valence-corrected chi connectivity index (χ3v) is 2.83. The molecule has 4 nitrogen and oxygen atoms in total. The van der Waals surface area contributed by atoms with Gasteiger partial charge in [-0.3, -0.25) is 0 Å². The average Bonchev–Trinajstić information content (AvgIpc) is 2.50. The molecule has 1 aromatic rings. The Morgan fingerprint density at radius 1 is 1.54 bits per heavy atom. The van der Waals surface area contributed by atoms with Gasteiger partial charge in [0.25, 0.3) is 0 Å². The summed E-state index contributed by atoms with van der Waals surface area (Å²) in [5.41, 5.74) is 5.53. The van der Waals surface area contributed by atoms with Gasteiger partial charge in [-0.2, -0.15) is 0 Å². The highest BCUT2D eigenvalue weighted by atomic mass is 35.5. The van der Waals surface area contributed by atoms with Gasteiger partial charge < -0.3 is 10.3 Å². The van der Waals surface area contributed by atoms with Crippen molar-refractivity contribution >= 4 is 11.6 Å². The number of aromatic nitrogens is 3. The van der Waals surface area contributed by atoms with Crippen molar-refractivity contribution in [1.29, 1.82) is 0 Å². The first-order valence-corrected chi connectivity index (χ1v) is 4.99. The predicted octanol–water partition coefficient (Wildman–Crippen LogP) is 1.16. The van der Waals surface area contributed by atoms with Crippen LogP contribution in [0.2, 0.25) is 5.28 Å². The van der Waals surface area contributed by atoms with Gasteiger partial charge in [0.1, 0.15) is 5.82 Å². The van der Waals surface area contributed by atoms with E-state index in [9.17, 15) is 0 Å². The molecule has 0 radical (unpaired) electrons.